The quantitative estimate of drug-likeness (QED) is 0.905. The Kier molecular flexibility index (Phi) is 3.82. The van der Waals surface area contributed by atoms with Crippen molar-refractivity contribution in [1.29, 1.82) is 0 Å². The molecule has 3 heterocycles. The highest BCUT2D eigenvalue weighted by Crippen LogP contribution is 2.29. The highest BCUT2D eigenvalue weighted by Gasteiger charge is 2.27. The van der Waals surface area contributed by atoms with Gasteiger partial charge in [-0.2, -0.15) is 0 Å². The largest absolute Gasteiger partial charge is 0.481 e. The molecule has 0 spiro atoms. The second-order valence-corrected chi connectivity index (χ2v) is 5.43. The number of aliphatic carboxylic acids is 1. The van der Waals surface area contributed by atoms with Crippen LogP contribution in [0.15, 0.2) is 12.4 Å². The number of carboxylic acid groups (broad SMARTS) is 1. The summed E-state index contributed by atoms with van der Waals surface area (Å²) in [6, 6.07) is 1.94. The van der Waals surface area contributed by atoms with E-state index in [2.05, 4.69) is 9.97 Å². The Morgan fingerprint density at radius 1 is 1.35 bits per heavy atom. The molecule has 2 fully saturated rings. The van der Waals surface area contributed by atoms with Gasteiger partial charge in [-0.1, -0.05) is 0 Å². The Morgan fingerprint density at radius 2 is 2.25 bits per heavy atom. The van der Waals surface area contributed by atoms with E-state index in [0.29, 0.717) is 6.54 Å². The molecule has 1 aromatic heterocycles. The molecule has 0 radical (unpaired) electrons. The summed E-state index contributed by atoms with van der Waals surface area (Å²) in [4.78, 5) is 21.8. The van der Waals surface area contributed by atoms with Gasteiger partial charge in [0.25, 0.3) is 0 Å². The highest BCUT2D eigenvalue weighted by atomic mass is 16.5. The molecule has 1 N–H and O–H groups in total. The van der Waals surface area contributed by atoms with Gasteiger partial charge in [-0.05, 0) is 25.7 Å². The molecule has 2 aliphatic heterocycles. The number of carboxylic acids is 1. The van der Waals surface area contributed by atoms with Gasteiger partial charge in [0.15, 0.2) is 0 Å². The van der Waals surface area contributed by atoms with Gasteiger partial charge >= 0.3 is 5.97 Å². The maximum Gasteiger partial charge on any atom is 0.308 e. The minimum atomic E-state index is -0.719. The van der Waals surface area contributed by atoms with Crippen molar-refractivity contribution < 1.29 is 14.6 Å². The minimum Gasteiger partial charge on any atom is -0.481 e. The Labute approximate surface area is 117 Å². The van der Waals surface area contributed by atoms with E-state index in [-0.39, 0.29) is 12.0 Å². The molecule has 3 rings (SSSR count). The number of rotatable bonds is 3. The van der Waals surface area contributed by atoms with E-state index in [0.717, 1.165) is 50.3 Å². The number of hydrogen-bond donors (Lipinski definition) is 1. The summed E-state index contributed by atoms with van der Waals surface area (Å²) in [5.74, 6) is -0.204. The maximum absolute atomic E-state index is 11.1. The van der Waals surface area contributed by atoms with Crippen LogP contribution in [0.3, 0.4) is 0 Å². The van der Waals surface area contributed by atoms with Crippen LogP contribution in [-0.2, 0) is 9.53 Å². The Balaban J connectivity index is 1.75. The van der Waals surface area contributed by atoms with Crippen LogP contribution >= 0.6 is 0 Å². The van der Waals surface area contributed by atoms with Gasteiger partial charge in [0.2, 0.25) is 0 Å². The molecule has 6 nitrogen and oxygen atoms in total. The molecule has 2 saturated heterocycles. The average molecular weight is 277 g/mol. The van der Waals surface area contributed by atoms with Crippen molar-refractivity contribution >= 4 is 11.8 Å². The van der Waals surface area contributed by atoms with E-state index in [1.807, 2.05) is 11.0 Å². The summed E-state index contributed by atoms with van der Waals surface area (Å²) in [5.41, 5.74) is 0.907. The summed E-state index contributed by atoms with van der Waals surface area (Å²) >= 11 is 0. The first-order valence-corrected chi connectivity index (χ1v) is 7.15. The lowest BCUT2D eigenvalue weighted by Crippen LogP contribution is -2.39. The summed E-state index contributed by atoms with van der Waals surface area (Å²) in [6.45, 7) is 2.16. The van der Waals surface area contributed by atoms with Crippen LogP contribution in [0.1, 0.15) is 37.5 Å². The molecule has 1 aromatic rings. The third-order valence-corrected chi connectivity index (χ3v) is 4.03. The van der Waals surface area contributed by atoms with Gasteiger partial charge in [-0.3, -0.25) is 4.79 Å². The lowest BCUT2D eigenvalue weighted by molar-refractivity contribution is -0.141. The van der Waals surface area contributed by atoms with Crippen LogP contribution in [0.2, 0.25) is 0 Å². The molecular formula is C14H19N3O3. The fraction of sp³-hybridized carbons (Fsp3) is 0.643. The van der Waals surface area contributed by atoms with E-state index in [1.54, 1.807) is 6.33 Å². The third-order valence-electron chi connectivity index (χ3n) is 4.03. The van der Waals surface area contributed by atoms with Gasteiger partial charge in [0, 0.05) is 25.8 Å². The number of aromatic nitrogens is 2. The lowest BCUT2D eigenvalue weighted by atomic mass is 9.98. The maximum atomic E-state index is 11.1. The fourth-order valence-electron chi connectivity index (χ4n) is 2.91. The Hall–Kier alpha value is -1.69. The van der Waals surface area contributed by atoms with Crippen LogP contribution in [0.4, 0.5) is 5.82 Å². The molecule has 2 atom stereocenters. The van der Waals surface area contributed by atoms with Crippen LogP contribution in [0.5, 0.6) is 0 Å². The van der Waals surface area contributed by atoms with Gasteiger partial charge in [-0.25, -0.2) is 9.97 Å². The van der Waals surface area contributed by atoms with Crippen LogP contribution in [0, 0.1) is 5.92 Å². The predicted molar refractivity (Wildman–Crippen MR) is 72.5 cm³/mol. The van der Waals surface area contributed by atoms with E-state index >= 15 is 0 Å². The number of anilines is 1. The zero-order valence-electron chi connectivity index (χ0n) is 11.4. The van der Waals surface area contributed by atoms with Crippen LogP contribution in [-0.4, -0.2) is 40.7 Å². The zero-order chi connectivity index (χ0) is 13.9. The van der Waals surface area contributed by atoms with Crippen molar-refractivity contribution in [3.05, 3.63) is 18.1 Å². The van der Waals surface area contributed by atoms with Crippen molar-refractivity contribution in [2.45, 2.75) is 31.8 Å². The number of ether oxygens (including phenoxy) is 1. The summed E-state index contributed by atoms with van der Waals surface area (Å²) in [5, 5.41) is 9.15. The normalized spacial score (nSPS) is 26.7. The molecule has 6 heteroatoms. The van der Waals surface area contributed by atoms with E-state index in [1.165, 1.54) is 0 Å². The molecule has 108 valence electrons. The molecule has 0 aliphatic carbocycles. The minimum absolute atomic E-state index is 0.0665. The van der Waals surface area contributed by atoms with Crippen LogP contribution in [0.25, 0.3) is 0 Å². The summed E-state index contributed by atoms with van der Waals surface area (Å²) < 4.78 is 5.64. The first-order valence-electron chi connectivity index (χ1n) is 7.15. The van der Waals surface area contributed by atoms with E-state index < -0.39 is 5.97 Å². The zero-order valence-corrected chi connectivity index (χ0v) is 11.4. The van der Waals surface area contributed by atoms with Gasteiger partial charge in [0.05, 0.1) is 17.7 Å². The monoisotopic (exact) mass is 277 g/mol. The number of carbonyl (C=O) groups is 1. The van der Waals surface area contributed by atoms with Crippen molar-refractivity contribution in [3.63, 3.8) is 0 Å². The molecule has 0 aromatic carbocycles. The van der Waals surface area contributed by atoms with Crippen LogP contribution < -0.4 is 4.90 Å². The topological polar surface area (TPSA) is 75.5 Å². The lowest BCUT2D eigenvalue weighted by Gasteiger charge is -2.31. The standard InChI is InChI=1S/C14H19N3O3/c18-14(19)10-3-1-5-17(8-10)13-7-11(15-9-16-13)12-4-2-6-20-12/h7,9-10,12H,1-6,8H2,(H,18,19). The molecular weight excluding hydrogens is 258 g/mol. The second-order valence-electron chi connectivity index (χ2n) is 5.43. The highest BCUT2D eigenvalue weighted by molar-refractivity contribution is 5.71. The SMILES string of the molecule is O=C(O)C1CCCN(c2cc(C3CCCO3)ncn2)C1. The average Bonchev–Trinajstić information content (AvgIpc) is 3.02. The van der Waals surface area contributed by atoms with Gasteiger partial charge in [-0.15, -0.1) is 0 Å². The summed E-state index contributed by atoms with van der Waals surface area (Å²) in [7, 11) is 0. The molecule has 2 unspecified atom stereocenters. The van der Waals surface area contributed by atoms with Crippen molar-refractivity contribution in [2.24, 2.45) is 5.92 Å². The summed E-state index contributed by atoms with van der Waals surface area (Å²) in [6.07, 6.45) is 5.31. The molecule has 2 aliphatic rings. The Morgan fingerprint density at radius 3 is 3.00 bits per heavy atom. The smallest absolute Gasteiger partial charge is 0.308 e. The van der Waals surface area contributed by atoms with E-state index in [4.69, 9.17) is 9.84 Å². The first-order chi connectivity index (χ1) is 9.74. The predicted octanol–water partition coefficient (Wildman–Crippen LogP) is 1.63. The third kappa shape index (κ3) is 2.75. The van der Waals surface area contributed by atoms with Crippen molar-refractivity contribution in [3.8, 4) is 0 Å². The van der Waals surface area contributed by atoms with Crippen molar-refractivity contribution in [1.82, 2.24) is 9.97 Å². The number of piperidine rings is 1. The molecule has 0 bridgehead atoms. The fourth-order valence-corrected chi connectivity index (χ4v) is 2.91. The van der Waals surface area contributed by atoms with E-state index in [9.17, 15) is 4.79 Å². The molecule has 0 saturated carbocycles. The molecule has 20 heavy (non-hydrogen) atoms. The second kappa shape index (κ2) is 5.75. The van der Waals surface area contributed by atoms with Crippen molar-refractivity contribution in [2.75, 3.05) is 24.6 Å². The van der Waals surface area contributed by atoms with Gasteiger partial charge in [0.1, 0.15) is 12.1 Å². The first kappa shape index (κ1) is 13.3. The number of nitrogens with zero attached hydrogens (tertiary/aromatic N) is 3. The van der Waals surface area contributed by atoms with Gasteiger partial charge < -0.3 is 14.7 Å². The molecule has 0 amide bonds. The number of hydrogen-bond acceptors (Lipinski definition) is 5. The Bertz CT molecular complexity index is 488.